The summed E-state index contributed by atoms with van der Waals surface area (Å²) in [5.74, 6) is 0.589. The van der Waals surface area contributed by atoms with Crippen molar-refractivity contribution in [1.29, 1.82) is 0 Å². The third-order valence-electron chi connectivity index (χ3n) is 3.31. The van der Waals surface area contributed by atoms with Crippen molar-refractivity contribution >= 4 is 33.7 Å². The first-order chi connectivity index (χ1) is 10.7. The number of hydrogen-bond donors (Lipinski definition) is 0. The topological polar surface area (TPSA) is 47.3 Å². The van der Waals surface area contributed by atoms with E-state index < -0.39 is 0 Å². The lowest BCUT2D eigenvalue weighted by molar-refractivity contribution is 0.937. The summed E-state index contributed by atoms with van der Waals surface area (Å²) >= 11 is 2.97. The molecule has 0 saturated carbocycles. The van der Waals surface area contributed by atoms with Crippen LogP contribution in [-0.4, -0.2) is 14.6 Å². The van der Waals surface area contributed by atoms with Gasteiger partial charge in [-0.1, -0.05) is 47.2 Å². The average Bonchev–Trinajstić information content (AvgIpc) is 3.21. The largest absolute Gasteiger partial charge is 0.291 e. The van der Waals surface area contributed by atoms with Crippen molar-refractivity contribution in [3.63, 3.8) is 0 Å². The second-order valence-electron chi connectivity index (χ2n) is 4.93. The predicted molar refractivity (Wildman–Crippen MR) is 90.4 cm³/mol. The van der Waals surface area contributed by atoms with Crippen LogP contribution in [0.3, 0.4) is 0 Å². The Labute approximate surface area is 134 Å². The Balaban J connectivity index is 1.84. The first kappa shape index (κ1) is 13.4. The fourth-order valence-electron chi connectivity index (χ4n) is 2.16. The molecule has 4 rings (SSSR count). The molecule has 3 aromatic heterocycles. The van der Waals surface area contributed by atoms with E-state index in [9.17, 15) is 4.79 Å². The van der Waals surface area contributed by atoms with Gasteiger partial charge in [-0.05, 0) is 24.4 Å². The molecule has 4 aromatic rings. The molecule has 1 aromatic carbocycles. The summed E-state index contributed by atoms with van der Waals surface area (Å²) in [5, 5.41) is 6.34. The Hall–Kier alpha value is -2.31. The Morgan fingerprint density at radius 1 is 1.18 bits per heavy atom. The standard InChI is InChI=1S/C16H11N3OS2/c1-10-4-6-11(7-5-10)14-17-16-19(18-14)15(20)13(22-16)9-12-3-2-8-21-12/h2-9H,1H3/b13-9-. The minimum atomic E-state index is -0.112. The second-order valence-corrected chi connectivity index (χ2v) is 6.92. The lowest BCUT2D eigenvalue weighted by Gasteiger charge is -1.94. The van der Waals surface area contributed by atoms with Crippen LogP contribution in [0, 0.1) is 6.92 Å². The number of thiophene rings is 1. The zero-order chi connectivity index (χ0) is 15.1. The van der Waals surface area contributed by atoms with Gasteiger partial charge in [-0.15, -0.1) is 16.4 Å². The first-order valence-corrected chi connectivity index (χ1v) is 8.42. The van der Waals surface area contributed by atoms with Crippen LogP contribution < -0.4 is 10.1 Å². The molecular weight excluding hydrogens is 314 g/mol. The number of aromatic nitrogens is 3. The van der Waals surface area contributed by atoms with Crippen molar-refractivity contribution in [3.05, 3.63) is 67.1 Å². The molecule has 0 unspecified atom stereocenters. The highest BCUT2D eigenvalue weighted by Gasteiger charge is 2.11. The maximum atomic E-state index is 12.4. The van der Waals surface area contributed by atoms with Crippen LogP contribution in [-0.2, 0) is 0 Å². The van der Waals surface area contributed by atoms with E-state index >= 15 is 0 Å². The zero-order valence-corrected chi connectivity index (χ0v) is 13.3. The van der Waals surface area contributed by atoms with Crippen molar-refractivity contribution in [2.45, 2.75) is 6.92 Å². The summed E-state index contributed by atoms with van der Waals surface area (Å²) in [5.41, 5.74) is 1.99. The fraction of sp³-hybridized carbons (Fsp3) is 0.0625. The van der Waals surface area contributed by atoms with E-state index in [1.54, 1.807) is 11.3 Å². The monoisotopic (exact) mass is 325 g/mol. The third-order valence-corrected chi connectivity index (χ3v) is 5.09. The van der Waals surface area contributed by atoms with Crippen LogP contribution >= 0.6 is 22.7 Å². The lowest BCUT2D eigenvalue weighted by atomic mass is 10.1. The van der Waals surface area contributed by atoms with E-state index in [2.05, 4.69) is 10.1 Å². The smallest absolute Gasteiger partial charge is 0.266 e. The highest BCUT2D eigenvalue weighted by Crippen LogP contribution is 2.17. The summed E-state index contributed by atoms with van der Waals surface area (Å²) in [6.45, 7) is 2.03. The van der Waals surface area contributed by atoms with Crippen LogP contribution in [0.2, 0.25) is 0 Å². The quantitative estimate of drug-likeness (QED) is 0.569. The number of hydrogen-bond acceptors (Lipinski definition) is 5. The molecule has 0 aliphatic heterocycles. The molecule has 22 heavy (non-hydrogen) atoms. The molecule has 6 heteroatoms. The van der Waals surface area contributed by atoms with Gasteiger partial charge in [0.15, 0.2) is 5.82 Å². The minimum absolute atomic E-state index is 0.112. The van der Waals surface area contributed by atoms with Gasteiger partial charge in [-0.25, -0.2) is 0 Å². The van der Waals surface area contributed by atoms with Crippen molar-refractivity contribution in [1.82, 2.24) is 14.6 Å². The van der Waals surface area contributed by atoms with Gasteiger partial charge in [0, 0.05) is 10.4 Å². The van der Waals surface area contributed by atoms with E-state index in [1.807, 2.05) is 54.8 Å². The molecule has 3 heterocycles. The maximum absolute atomic E-state index is 12.4. The van der Waals surface area contributed by atoms with Gasteiger partial charge in [0.05, 0.1) is 4.53 Å². The summed E-state index contributed by atoms with van der Waals surface area (Å²) in [6, 6.07) is 11.9. The van der Waals surface area contributed by atoms with Gasteiger partial charge in [0.25, 0.3) is 5.56 Å². The summed E-state index contributed by atoms with van der Waals surface area (Å²) in [7, 11) is 0. The van der Waals surface area contributed by atoms with Crippen molar-refractivity contribution in [3.8, 4) is 11.4 Å². The average molecular weight is 325 g/mol. The highest BCUT2D eigenvalue weighted by atomic mass is 32.1. The summed E-state index contributed by atoms with van der Waals surface area (Å²) in [6.07, 6.45) is 1.89. The Morgan fingerprint density at radius 2 is 2.00 bits per heavy atom. The molecule has 0 spiro atoms. The highest BCUT2D eigenvalue weighted by molar-refractivity contribution is 7.15. The first-order valence-electron chi connectivity index (χ1n) is 6.72. The number of benzene rings is 1. The molecule has 0 bridgehead atoms. The molecule has 0 radical (unpaired) electrons. The third kappa shape index (κ3) is 2.26. The molecular formula is C16H11N3OS2. The number of thiazole rings is 1. The van der Waals surface area contributed by atoms with Gasteiger partial charge in [-0.2, -0.15) is 9.50 Å². The van der Waals surface area contributed by atoms with Gasteiger partial charge in [-0.3, -0.25) is 4.79 Å². The normalized spacial score (nSPS) is 12.3. The summed E-state index contributed by atoms with van der Waals surface area (Å²) < 4.78 is 2.05. The maximum Gasteiger partial charge on any atom is 0.291 e. The van der Waals surface area contributed by atoms with Crippen LogP contribution in [0.5, 0.6) is 0 Å². The second kappa shape index (κ2) is 5.15. The SMILES string of the molecule is Cc1ccc(-c2nc3s/c(=C\c4cccs4)c(=O)n3n2)cc1. The van der Waals surface area contributed by atoms with Gasteiger partial charge < -0.3 is 0 Å². The van der Waals surface area contributed by atoms with Gasteiger partial charge in [0.1, 0.15) is 0 Å². The molecule has 0 saturated heterocycles. The molecule has 4 nitrogen and oxygen atoms in total. The van der Waals surface area contributed by atoms with Crippen molar-refractivity contribution in [2.75, 3.05) is 0 Å². The Morgan fingerprint density at radius 3 is 2.68 bits per heavy atom. The minimum Gasteiger partial charge on any atom is -0.266 e. The van der Waals surface area contributed by atoms with Crippen LogP contribution in [0.1, 0.15) is 10.4 Å². The lowest BCUT2D eigenvalue weighted by Crippen LogP contribution is -2.23. The van der Waals surface area contributed by atoms with Crippen molar-refractivity contribution < 1.29 is 0 Å². The summed E-state index contributed by atoms with van der Waals surface area (Å²) in [4.78, 5) is 18.6. The van der Waals surface area contributed by atoms with Crippen LogP contribution in [0.15, 0.2) is 46.6 Å². The molecule has 0 aliphatic carbocycles. The molecule has 0 atom stereocenters. The Kier molecular flexibility index (Phi) is 3.13. The molecule has 0 aliphatic rings. The van der Waals surface area contributed by atoms with Crippen LogP contribution in [0.4, 0.5) is 0 Å². The predicted octanol–water partition coefficient (Wildman–Crippen LogP) is 2.74. The van der Waals surface area contributed by atoms with Gasteiger partial charge >= 0.3 is 0 Å². The number of rotatable bonds is 2. The molecule has 0 N–H and O–H groups in total. The van der Waals surface area contributed by atoms with E-state index in [-0.39, 0.29) is 5.56 Å². The van der Waals surface area contributed by atoms with E-state index in [4.69, 9.17) is 0 Å². The number of fused-ring (bicyclic) bond motifs is 1. The molecule has 0 amide bonds. The molecule has 108 valence electrons. The number of aryl methyl sites for hydroxylation is 1. The fourth-order valence-corrected chi connectivity index (χ4v) is 3.79. The Bertz CT molecular complexity index is 1040. The van der Waals surface area contributed by atoms with E-state index in [0.29, 0.717) is 15.3 Å². The zero-order valence-electron chi connectivity index (χ0n) is 11.7. The molecule has 0 fully saturated rings. The van der Waals surface area contributed by atoms with Crippen LogP contribution in [0.25, 0.3) is 22.4 Å². The van der Waals surface area contributed by atoms with Gasteiger partial charge in [0.2, 0.25) is 4.96 Å². The van der Waals surface area contributed by atoms with Crippen molar-refractivity contribution in [2.24, 2.45) is 0 Å². The van der Waals surface area contributed by atoms with E-state index in [0.717, 1.165) is 10.4 Å². The van der Waals surface area contributed by atoms with E-state index in [1.165, 1.54) is 21.4 Å². The number of nitrogens with zero attached hydrogens (tertiary/aromatic N) is 3.